The molecule has 0 N–H and O–H groups in total. The van der Waals surface area contributed by atoms with Crippen molar-refractivity contribution < 1.29 is 13.9 Å². The van der Waals surface area contributed by atoms with E-state index in [4.69, 9.17) is 4.74 Å². The van der Waals surface area contributed by atoms with Crippen LogP contribution >= 0.6 is 0 Å². The van der Waals surface area contributed by atoms with E-state index >= 15 is 0 Å². The molecule has 126 valence electrons. The van der Waals surface area contributed by atoms with E-state index in [1.165, 1.54) is 12.1 Å². The molecule has 0 bridgehead atoms. The van der Waals surface area contributed by atoms with Gasteiger partial charge in [0.2, 0.25) is 5.88 Å². The van der Waals surface area contributed by atoms with Crippen molar-refractivity contribution in [2.75, 3.05) is 0 Å². The highest BCUT2D eigenvalue weighted by Gasteiger charge is 2.29. The van der Waals surface area contributed by atoms with Crippen molar-refractivity contribution in [2.45, 2.75) is 26.1 Å². The highest BCUT2D eigenvalue weighted by molar-refractivity contribution is 5.83. The van der Waals surface area contributed by atoms with Gasteiger partial charge in [-0.25, -0.2) is 9.37 Å². The van der Waals surface area contributed by atoms with E-state index in [1.807, 2.05) is 30.3 Å². The molecule has 0 spiro atoms. The molecule has 0 unspecified atom stereocenters. The van der Waals surface area contributed by atoms with Gasteiger partial charge in [-0.05, 0) is 36.8 Å². The Labute approximate surface area is 144 Å². The smallest absolute Gasteiger partial charge is 0.264 e. The molecule has 3 aromatic rings. The second-order valence-corrected chi connectivity index (χ2v) is 6.23. The molecule has 0 saturated heterocycles. The first-order valence-electron chi connectivity index (χ1n) is 8.19. The molecule has 1 aromatic heterocycles. The van der Waals surface area contributed by atoms with Crippen molar-refractivity contribution >= 4 is 16.8 Å². The Morgan fingerprint density at radius 1 is 1.20 bits per heavy atom. The van der Waals surface area contributed by atoms with E-state index in [1.54, 1.807) is 24.0 Å². The van der Waals surface area contributed by atoms with Gasteiger partial charge < -0.3 is 9.64 Å². The maximum Gasteiger partial charge on any atom is 0.264 e. The minimum Gasteiger partial charge on any atom is -0.464 e. The molecule has 0 radical (unpaired) electrons. The maximum absolute atomic E-state index is 13.1. The average molecular weight is 336 g/mol. The Hall–Kier alpha value is -2.95. The summed E-state index contributed by atoms with van der Waals surface area (Å²) in [6.45, 7) is 2.54. The zero-order chi connectivity index (χ0) is 17.4. The number of benzene rings is 2. The van der Waals surface area contributed by atoms with Crippen LogP contribution in [0.1, 0.15) is 18.1 Å². The predicted octanol–water partition coefficient (Wildman–Crippen LogP) is 3.68. The fourth-order valence-corrected chi connectivity index (χ4v) is 3.06. The van der Waals surface area contributed by atoms with Gasteiger partial charge in [0, 0.05) is 17.5 Å². The van der Waals surface area contributed by atoms with Crippen LogP contribution in [0.25, 0.3) is 10.9 Å². The van der Waals surface area contributed by atoms with Crippen LogP contribution in [-0.2, 0) is 17.9 Å². The van der Waals surface area contributed by atoms with Crippen LogP contribution in [0.4, 0.5) is 4.39 Å². The SMILES string of the molecule is C[C@@H]1Oc2nc3ccccc3cc2CN(Cc2ccc(F)cc2)C1=O. The van der Waals surface area contributed by atoms with E-state index < -0.39 is 6.10 Å². The molecule has 1 atom stereocenters. The quantitative estimate of drug-likeness (QED) is 0.717. The molecule has 25 heavy (non-hydrogen) atoms. The summed E-state index contributed by atoms with van der Waals surface area (Å²) in [5.41, 5.74) is 2.59. The molecule has 4 nitrogen and oxygen atoms in total. The third kappa shape index (κ3) is 3.05. The monoisotopic (exact) mass is 336 g/mol. The van der Waals surface area contributed by atoms with Crippen LogP contribution in [0.3, 0.4) is 0 Å². The minimum atomic E-state index is -0.615. The Bertz CT molecular complexity index is 940. The molecular formula is C20H17FN2O2. The number of ether oxygens (including phenoxy) is 1. The van der Waals surface area contributed by atoms with Gasteiger partial charge in [0.1, 0.15) is 5.82 Å². The number of hydrogen-bond acceptors (Lipinski definition) is 3. The van der Waals surface area contributed by atoms with Gasteiger partial charge in [-0.3, -0.25) is 4.79 Å². The lowest BCUT2D eigenvalue weighted by atomic mass is 10.1. The molecule has 1 aliphatic rings. The van der Waals surface area contributed by atoms with Gasteiger partial charge in [0.05, 0.1) is 12.1 Å². The first kappa shape index (κ1) is 15.6. The number of amides is 1. The summed E-state index contributed by atoms with van der Waals surface area (Å²) in [5, 5.41) is 1.01. The molecule has 2 heterocycles. The predicted molar refractivity (Wildman–Crippen MR) is 92.5 cm³/mol. The first-order valence-corrected chi connectivity index (χ1v) is 8.19. The third-order valence-electron chi connectivity index (χ3n) is 4.36. The third-order valence-corrected chi connectivity index (χ3v) is 4.36. The van der Waals surface area contributed by atoms with Crippen LogP contribution in [0.15, 0.2) is 54.6 Å². The maximum atomic E-state index is 13.1. The number of rotatable bonds is 2. The van der Waals surface area contributed by atoms with Crippen LogP contribution in [0, 0.1) is 5.82 Å². The van der Waals surface area contributed by atoms with Gasteiger partial charge in [-0.1, -0.05) is 30.3 Å². The lowest BCUT2D eigenvalue weighted by Crippen LogP contribution is -2.37. The number of halogens is 1. The standard InChI is InChI=1S/C20H17FN2O2/c1-13-20(24)23(11-14-6-8-17(21)9-7-14)12-16-10-15-4-2-3-5-18(15)22-19(16)25-13/h2-10,13H,11-12H2,1H3/t13-/m0/s1. The van der Waals surface area contributed by atoms with Gasteiger partial charge >= 0.3 is 0 Å². The van der Waals surface area contributed by atoms with E-state index in [0.29, 0.717) is 19.0 Å². The number of pyridine rings is 1. The summed E-state index contributed by atoms with van der Waals surface area (Å²) in [7, 11) is 0. The molecule has 2 aromatic carbocycles. The van der Waals surface area contributed by atoms with Crippen LogP contribution in [0.2, 0.25) is 0 Å². The average Bonchev–Trinajstić information content (AvgIpc) is 2.72. The lowest BCUT2D eigenvalue weighted by molar-refractivity contribution is -0.138. The molecule has 0 saturated carbocycles. The van der Waals surface area contributed by atoms with Crippen molar-refractivity contribution in [3.63, 3.8) is 0 Å². The molecule has 0 aliphatic carbocycles. The van der Waals surface area contributed by atoms with E-state index in [9.17, 15) is 9.18 Å². The van der Waals surface area contributed by atoms with Crippen molar-refractivity contribution in [1.29, 1.82) is 0 Å². The van der Waals surface area contributed by atoms with Gasteiger partial charge in [0.15, 0.2) is 6.10 Å². The number of hydrogen-bond donors (Lipinski definition) is 0. The number of aromatic nitrogens is 1. The summed E-state index contributed by atoms with van der Waals surface area (Å²) < 4.78 is 18.9. The number of carbonyl (C=O) groups excluding carboxylic acids is 1. The van der Waals surface area contributed by atoms with Crippen molar-refractivity contribution in [1.82, 2.24) is 9.88 Å². The number of para-hydroxylation sites is 1. The minimum absolute atomic E-state index is 0.105. The summed E-state index contributed by atoms with van der Waals surface area (Å²) >= 11 is 0. The molecule has 4 rings (SSSR count). The van der Waals surface area contributed by atoms with E-state index in [0.717, 1.165) is 22.0 Å². The highest BCUT2D eigenvalue weighted by atomic mass is 19.1. The Morgan fingerprint density at radius 2 is 1.96 bits per heavy atom. The van der Waals surface area contributed by atoms with Crippen molar-refractivity contribution in [3.8, 4) is 5.88 Å². The van der Waals surface area contributed by atoms with E-state index in [2.05, 4.69) is 4.98 Å². The summed E-state index contributed by atoms with van der Waals surface area (Å²) in [5.74, 6) is 0.108. The normalized spacial score (nSPS) is 17.1. The first-order chi connectivity index (χ1) is 12.1. The second-order valence-electron chi connectivity index (χ2n) is 6.23. The van der Waals surface area contributed by atoms with Crippen LogP contribution in [0.5, 0.6) is 5.88 Å². The fourth-order valence-electron chi connectivity index (χ4n) is 3.06. The fraction of sp³-hybridized carbons (Fsp3) is 0.200. The molecule has 1 aliphatic heterocycles. The Morgan fingerprint density at radius 3 is 2.76 bits per heavy atom. The Balaban J connectivity index is 1.70. The molecule has 0 fully saturated rings. The summed E-state index contributed by atoms with van der Waals surface area (Å²) in [4.78, 5) is 19.0. The summed E-state index contributed by atoms with van der Waals surface area (Å²) in [6, 6.07) is 16.0. The highest BCUT2D eigenvalue weighted by Crippen LogP contribution is 2.28. The van der Waals surface area contributed by atoms with Gasteiger partial charge in [-0.15, -0.1) is 0 Å². The van der Waals surface area contributed by atoms with Crippen molar-refractivity contribution in [3.05, 3.63) is 71.5 Å². The zero-order valence-electron chi connectivity index (χ0n) is 13.8. The number of nitrogens with zero attached hydrogens (tertiary/aromatic N) is 2. The van der Waals surface area contributed by atoms with Gasteiger partial charge in [-0.2, -0.15) is 0 Å². The number of carbonyl (C=O) groups is 1. The van der Waals surface area contributed by atoms with Gasteiger partial charge in [0.25, 0.3) is 5.91 Å². The topological polar surface area (TPSA) is 42.4 Å². The molecule has 1 amide bonds. The molecule has 5 heteroatoms. The number of fused-ring (bicyclic) bond motifs is 2. The zero-order valence-corrected chi connectivity index (χ0v) is 13.8. The Kier molecular flexibility index (Phi) is 3.84. The van der Waals surface area contributed by atoms with Crippen LogP contribution in [-0.4, -0.2) is 21.9 Å². The van der Waals surface area contributed by atoms with E-state index in [-0.39, 0.29) is 11.7 Å². The molecular weight excluding hydrogens is 319 g/mol. The van der Waals surface area contributed by atoms with Crippen molar-refractivity contribution in [2.24, 2.45) is 0 Å². The van der Waals surface area contributed by atoms with Crippen LogP contribution < -0.4 is 4.74 Å². The summed E-state index contributed by atoms with van der Waals surface area (Å²) in [6.07, 6.45) is -0.615. The second kappa shape index (κ2) is 6.16. The largest absolute Gasteiger partial charge is 0.464 e. The lowest BCUT2D eigenvalue weighted by Gasteiger charge is -2.22.